The van der Waals surface area contributed by atoms with E-state index in [0.717, 1.165) is 35.4 Å². The summed E-state index contributed by atoms with van der Waals surface area (Å²) in [5.74, 6) is 0.602. The molecule has 0 radical (unpaired) electrons. The Hall–Kier alpha value is -2.80. The highest BCUT2D eigenvalue weighted by Crippen LogP contribution is 2.47. The smallest absolute Gasteiger partial charge is 0.309 e. The molecule has 1 aliphatic carbocycles. The first-order chi connectivity index (χ1) is 15.0. The van der Waals surface area contributed by atoms with Crippen molar-refractivity contribution in [2.24, 2.45) is 5.92 Å². The molecule has 0 N–H and O–H groups in total. The lowest BCUT2D eigenvalue weighted by molar-refractivity contribution is -0.145. The number of hydrogen-bond acceptors (Lipinski definition) is 6. The summed E-state index contributed by atoms with van der Waals surface area (Å²) in [6, 6.07) is 10.4. The molecule has 6 nitrogen and oxygen atoms in total. The van der Waals surface area contributed by atoms with Crippen LogP contribution < -0.4 is 14.4 Å². The summed E-state index contributed by atoms with van der Waals surface area (Å²) in [5, 5.41) is 0. The minimum Gasteiger partial charge on any atom is -0.493 e. The average molecular weight is 429 g/mol. The molecule has 166 valence electrons. The molecule has 0 bridgehead atoms. The van der Waals surface area contributed by atoms with Crippen molar-refractivity contribution >= 4 is 11.7 Å². The van der Waals surface area contributed by atoms with Crippen LogP contribution in [0.25, 0.3) is 0 Å². The van der Waals surface area contributed by atoms with E-state index in [1.807, 2.05) is 19.2 Å². The summed E-state index contributed by atoms with van der Waals surface area (Å²) in [5.41, 5.74) is 2.90. The molecule has 1 fully saturated rings. The van der Waals surface area contributed by atoms with Crippen LogP contribution in [0.1, 0.15) is 29.9 Å². The van der Waals surface area contributed by atoms with E-state index < -0.39 is 0 Å². The van der Waals surface area contributed by atoms with Gasteiger partial charge in [0.1, 0.15) is 17.3 Å². The summed E-state index contributed by atoms with van der Waals surface area (Å²) in [6.07, 6.45) is 2.33. The summed E-state index contributed by atoms with van der Waals surface area (Å²) >= 11 is 0. The number of likely N-dealkylation sites (N-methyl/N-ethyl adjacent to an activating group) is 1. The van der Waals surface area contributed by atoms with Gasteiger partial charge in [0.15, 0.2) is 6.79 Å². The van der Waals surface area contributed by atoms with Gasteiger partial charge in [0.2, 0.25) is 0 Å². The number of carbonyl (C=O) groups is 1. The molecule has 1 aliphatic heterocycles. The normalized spacial score (nSPS) is 22.0. The van der Waals surface area contributed by atoms with Crippen LogP contribution in [0.4, 0.5) is 10.1 Å². The molecular formula is C24H28FNO5. The number of carbonyl (C=O) groups excluding carboxylic acids is 1. The van der Waals surface area contributed by atoms with Gasteiger partial charge in [-0.15, -0.1) is 0 Å². The first-order valence-electron chi connectivity index (χ1n) is 10.5. The van der Waals surface area contributed by atoms with Crippen LogP contribution in [0.15, 0.2) is 36.4 Å². The standard InChI is InChI=1S/C24H28FNO5/c1-26(20-13-21-16(10-11-30-21)12-22(20)31-14-28-2)19-9-8-18(24(27)29-3)23(19)15-4-6-17(25)7-5-15/h4-7,12-13,18-19,23H,8-11,14H2,1-3H3/t18-,19+,23-/m1/s1. The molecule has 7 heteroatoms. The zero-order valence-electron chi connectivity index (χ0n) is 18.1. The first kappa shape index (κ1) is 21.4. The zero-order valence-corrected chi connectivity index (χ0v) is 18.1. The molecule has 0 aromatic heterocycles. The molecule has 2 aliphatic rings. The van der Waals surface area contributed by atoms with Crippen molar-refractivity contribution in [3.05, 3.63) is 53.3 Å². The first-order valence-corrected chi connectivity index (χ1v) is 10.5. The van der Waals surface area contributed by atoms with Crippen LogP contribution >= 0.6 is 0 Å². The Kier molecular flexibility index (Phi) is 6.32. The molecule has 1 saturated carbocycles. The number of rotatable bonds is 7. The zero-order chi connectivity index (χ0) is 22.0. The van der Waals surface area contributed by atoms with Gasteiger partial charge in [0, 0.05) is 44.2 Å². The lowest BCUT2D eigenvalue weighted by atomic mass is 9.85. The third-order valence-electron chi connectivity index (χ3n) is 6.36. The SMILES string of the molecule is COCOc1cc2c(cc1N(C)[C@H]1CC[C@@H](C(=O)OC)[C@H]1c1ccc(F)cc1)OCC2. The molecule has 3 atom stereocenters. The van der Waals surface area contributed by atoms with Crippen LogP contribution in [-0.2, 0) is 20.7 Å². The second-order valence-electron chi connectivity index (χ2n) is 8.04. The van der Waals surface area contributed by atoms with Crippen LogP contribution in [0.3, 0.4) is 0 Å². The van der Waals surface area contributed by atoms with Crippen molar-refractivity contribution in [1.29, 1.82) is 0 Å². The number of esters is 1. The summed E-state index contributed by atoms with van der Waals surface area (Å²) in [6.45, 7) is 0.787. The van der Waals surface area contributed by atoms with E-state index in [1.54, 1.807) is 19.2 Å². The van der Waals surface area contributed by atoms with Crippen molar-refractivity contribution < 1.29 is 28.1 Å². The number of anilines is 1. The maximum atomic E-state index is 13.6. The van der Waals surface area contributed by atoms with Crippen LogP contribution in [0, 0.1) is 11.7 Å². The van der Waals surface area contributed by atoms with Gasteiger partial charge in [-0.05, 0) is 36.6 Å². The van der Waals surface area contributed by atoms with Crippen LogP contribution in [-0.4, -0.2) is 46.7 Å². The van der Waals surface area contributed by atoms with Crippen molar-refractivity contribution in [2.75, 3.05) is 39.6 Å². The largest absolute Gasteiger partial charge is 0.493 e. The number of methoxy groups -OCH3 is 2. The third-order valence-corrected chi connectivity index (χ3v) is 6.36. The Morgan fingerprint density at radius 2 is 1.97 bits per heavy atom. The van der Waals surface area contributed by atoms with Crippen LogP contribution in [0.5, 0.6) is 11.5 Å². The summed E-state index contributed by atoms with van der Waals surface area (Å²) in [7, 11) is 5.00. The highest BCUT2D eigenvalue weighted by Gasteiger charge is 2.44. The fraction of sp³-hybridized carbons (Fsp3) is 0.458. The Balaban J connectivity index is 1.71. The van der Waals surface area contributed by atoms with E-state index in [4.69, 9.17) is 18.9 Å². The van der Waals surface area contributed by atoms with Crippen LogP contribution in [0.2, 0.25) is 0 Å². The van der Waals surface area contributed by atoms with Gasteiger partial charge in [-0.25, -0.2) is 4.39 Å². The number of nitrogens with zero attached hydrogens (tertiary/aromatic N) is 1. The lowest BCUT2D eigenvalue weighted by Gasteiger charge is -2.34. The van der Waals surface area contributed by atoms with E-state index >= 15 is 0 Å². The van der Waals surface area contributed by atoms with Gasteiger partial charge in [-0.2, -0.15) is 0 Å². The molecule has 0 unspecified atom stereocenters. The predicted molar refractivity (Wildman–Crippen MR) is 114 cm³/mol. The van der Waals surface area contributed by atoms with Crippen molar-refractivity contribution in [3.63, 3.8) is 0 Å². The van der Waals surface area contributed by atoms with Gasteiger partial charge in [0.05, 0.1) is 25.3 Å². The number of fused-ring (bicyclic) bond motifs is 1. The van der Waals surface area contributed by atoms with E-state index in [0.29, 0.717) is 18.8 Å². The van der Waals surface area contributed by atoms with E-state index in [1.165, 1.54) is 19.2 Å². The second kappa shape index (κ2) is 9.14. The topological polar surface area (TPSA) is 57.2 Å². The van der Waals surface area contributed by atoms with Gasteiger partial charge in [-0.1, -0.05) is 12.1 Å². The number of benzene rings is 2. The van der Waals surface area contributed by atoms with Crippen molar-refractivity contribution in [1.82, 2.24) is 0 Å². The second-order valence-corrected chi connectivity index (χ2v) is 8.04. The fourth-order valence-corrected chi connectivity index (χ4v) is 4.85. The molecule has 2 aromatic carbocycles. The molecule has 31 heavy (non-hydrogen) atoms. The molecule has 4 rings (SSSR count). The van der Waals surface area contributed by atoms with Gasteiger partial charge in [-0.3, -0.25) is 4.79 Å². The fourth-order valence-electron chi connectivity index (χ4n) is 4.85. The highest BCUT2D eigenvalue weighted by molar-refractivity contribution is 5.75. The third kappa shape index (κ3) is 4.19. The molecule has 0 amide bonds. The van der Waals surface area contributed by atoms with E-state index in [9.17, 15) is 9.18 Å². The summed E-state index contributed by atoms with van der Waals surface area (Å²) in [4.78, 5) is 14.7. The maximum absolute atomic E-state index is 13.6. The Morgan fingerprint density at radius 1 is 1.19 bits per heavy atom. The van der Waals surface area contributed by atoms with Crippen molar-refractivity contribution in [3.8, 4) is 11.5 Å². The lowest BCUT2D eigenvalue weighted by Crippen LogP contribution is -2.36. The number of ether oxygens (including phenoxy) is 4. The molecule has 2 aromatic rings. The minimum atomic E-state index is -0.299. The van der Waals surface area contributed by atoms with Gasteiger partial charge < -0.3 is 23.8 Å². The molecule has 0 saturated heterocycles. The number of hydrogen-bond donors (Lipinski definition) is 0. The maximum Gasteiger partial charge on any atom is 0.309 e. The Bertz CT molecular complexity index is 932. The summed E-state index contributed by atoms with van der Waals surface area (Å²) < 4.78 is 35.4. The monoisotopic (exact) mass is 429 g/mol. The average Bonchev–Trinajstić information content (AvgIpc) is 3.43. The highest BCUT2D eigenvalue weighted by atomic mass is 19.1. The predicted octanol–water partition coefficient (Wildman–Crippen LogP) is 3.91. The Morgan fingerprint density at radius 3 is 2.68 bits per heavy atom. The molecule has 1 heterocycles. The quantitative estimate of drug-likeness (QED) is 0.491. The van der Waals surface area contributed by atoms with Crippen molar-refractivity contribution in [2.45, 2.75) is 31.2 Å². The molecule has 0 spiro atoms. The van der Waals surface area contributed by atoms with E-state index in [2.05, 4.69) is 4.90 Å². The van der Waals surface area contributed by atoms with Gasteiger partial charge in [0.25, 0.3) is 0 Å². The number of halogens is 1. The van der Waals surface area contributed by atoms with E-state index in [-0.39, 0.29) is 36.5 Å². The molecular weight excluding hydrogens is 401 g/mol. The van der Waals surface area contributed by atoms with Gasteiger partial charge >= 0.3 is 5.97 Å². The minimum absolute atomic E-state index is 0.00101. The Labute approximate surface area is 181 Å².